The van der Waals surface area contributed by atoms with Crippen LogP contribution in [0.2, 0.25) is 0 Å². The van der Waals surface area contributed by atoms with Crippen molar-refractivity contribution in [3.05, 3.63) is 0 Å². The molecular formula is C23H37N3O3. The van der Waals surface area contributed by atoms with E-state index in [2.05, 4.69) is 31.1 Å². The zero-order valence-corrected chi connectivity index (χ0v) is 18.4. The molecule has 0 aliphatic heterocycles. The van der Waals surface area contributed by atoms with E-state index in [0.29, 0.717) is 42.6 Å². The van der Waals surface area contributed by atoms with Crippen molar-refractivity contribution in [3.8, 4) is 0 Å². The minimum Gasteiger partial charge on any atom is -0.399 e. The van der Waals surface area contributed by atoms with Gasteiger partial charge in [0, 0.05) is 23.8 Å². The molecule has 6 heteroatoms. The maximum Gasteiger partial charge on any atom is 0.141 e. The number of hydrogen-bond acceptors (Lipinski definition) is 6. The molecule has 7 atom stereocenters. The predicted octanol–water partition coefficient (Wildman–Crippen LogP) is 3.79. The third kappa shape index (κ3) is 3.22. The largest absolute Gasteiger partial charge is 0.399 e. The molecule has 2 N–H and O–H groups in total. The fourth-order valence-electron chi connectivity index (χ4n) is 7.48. The third-order valence-electron chi connectivity index (χ3n) is 8.94. The average Bonchev–Trinajstić information content (AvgIpc) is 2.93. The topological polar surface area (TPSA) is 86.3 Å². The second-order valence-corrected chi connectivity index (χ2v) is 10.3. The normalized spacial score (nSPS) is 46.9. The molecule has 0 bridgehead atoms. The molecule has 4 rings (SSSR count). The number of Topliss-reactive ketones (excluding diaryl/α,β-unsaturated/α-hetero) is 1. The molecule has 4 aliphatic rings. The van der Waals surface area contributed by atoms with E-state index in [1.807, 2.05) is 0 Å². The lowest BCUT2D eigenvalue weighted by atomic mass is 9.45. The summed E-state index contributed by atoms with van der Waals surface area (Å²) in [6.07, 6.45) is 7.15. The second-order valence-electron chi connectivity index (χ2n) is 10.3. The highest BCUT2D eigenvalue weighted by Gasteiger charge is 2.62. The Labute approximate surface area is 174 Å². The van der Waals surface area contributed by atoms with Gasteiger partial charge in [-0.05, 0) is 68.1 Å². The molecule has 0 spiro atoms. The van der Waals surface area contributed by atoms with Crippen molar-refractivity contribution in [3.63, 3.8) is 0 Å². The molecule has 6 nitrogen and oxygen atoms in total. The first-order chi connectivity index (χ1) is 13.8. The SMILES string of the molecule is CON=C1CC2C(CC[C@]3(C)C(=O)C(C)CC23)[C@@]2(C)CCC(=NOCCN)CC12. The summed E-state index contributed by atoms with van der Waals surface area (Å²) < 4.78 is 0. The molecule has 0 aromatic heterocycles. The number of carbonyl (C=O) groups is 1. The van der Waals surface area contributed by atoms with Crippen LogP contribution in [-0.4, -0.2) is 37.5 Å². The molecule has 0 radical (unpaired) electrons. The van der Waals surface area contributed by atoms with Gasteiger partial charge in [0.1, 0.15) is 19.5 Å². The number of fused-ring (bicyclic) bond motifs is 5. The van der Waals surface area contributed by atoms with E-state index in [1.165, 1.54) is 5.71 Å². The van der Waals surface area contributed by atoms with Crippen LogP contribution in [0.25, 0.3) is 0 Å². The van der Waals surface area contributed by atoms with Crippen molar-refractivity contribution in [2.24, 2.45) is 56.5 Å². The van der Waals surface area contributed by atoms with Gasteiger partial charge in [-0.1, -0.05) is 31.1 Å². The molecule has 162 valence electrons. The molecule has 0 aromatic rings. The molecule has 4 aliphatic carbocycles. The Morgan fingerprint density at radius 1 is 1.17 bits per heavy atom. The summed E-state index contributed by atoms with van der Waals surface area (Å²) in [5.41, 5.74) is 7.85. The van der Waals surface area contributed by atoms with Crippen LogP contribution < -0.4 is 5.73 Å². The monoisotopic (exact) mass is 403 g/mol. The Kier molecular flexibility index (Phi) is 5.51. The molecule has 29 heavy (non-hydrogen) atoms. The predicted molar refractivity (Wildman–Crippen MR) is 114 cm³/mol. The van der Waals surface area contributed by atoms with Gasteiger partial charge in [-0.2, -0.15) is 0 Å². The van der Waals surface area contributed by atoms with E-state index >= 15 is 0 Å². The zero-order valence-electron chi connectivity index (χ0n) is 18.4. The first-order valence-corrected chi connectivity index (χ1v) is 11.4. The summed E-state index contributed by atoms with van der Waals surface area (Å²) in [6.45, 7) is 7.77. The van der Waals surface area contributed by atoms with Crippen molar-refractivity contribution in [2.45, 2.75) is 65.7 Å². The minimum atomic E-state index is -0.140. The van der Waals surface area contributed by atoms with Crippen LogP contribution >= 0.6 is 0 Å². The van der Waals surface area contributed by atoms with Crippen LogP contribution in [0.15, 0.2) is 10.3 Å². The third-order valence-corrected chi connectivity index (χ3v) is 8.94. The average molecular weight is 404 g/mol. The van der Waals surface area contributed by atoms with Crippen molar-refractivity contribution >= 4 is 17.2 Å². The van der Waals surface area contributed by atoms with Crippen molar-refractivity contribution in [1.29, 1.82) is 0 Å². The summed E-state index contributed by atoms with van der Waals surface area (Å²) >= 11 is 0. The summed E-state index contributed by atoms with van der Waals surface area (Å²) in [6, 6.07) is 0. The van der Waals surface area contributed by atoms with Crippen LogP contribution in [0, 0.1) is 40.4 Å². The van der Waals surface area contributed by atoms with Crippen LogP contribution in [0.3, 0.4) is 0 Å². The number of carbonyl (C=O) groups excluding carboxylic acids is 1. The van der Waals surface area contributed by atoms with Crippen molar-refractivity contribution < 1.29 is 14.5 Å². The Bertz CT molecular complexity index is 720. The van der Waals surface area contributed by atoms with E-state index < -0.39 is 0 Å². The fourth-order valence-corrected chi connectivity index (χ4v) is 7.48. The van der Waals surface area contributed by atoms with Crippen LogP contribution in [0.5, 0.6) is 0 Å². The first-order valence-electron chi connectivity index (χ1n) is 11.4. The summed E-state index contributed by atoms with van der Waals surface area (Å²) in [5.74, 6) is 2.69. The standard InChI is InChI=1S/C23H37N3O3/c1-14-11-18-16-13-20(26-28-4)19-12-15(25-29-10-9-24)5-7-22(19,2)17(16)6-8-23(18,3)21(14)27/h14,16-19H,5-13,24H2,1-4H3/t14?,16?,17?,18?,19?,22-,23+/m1/s1. The number of nitrogens with zero attached hydrogens (tertiary/aromatic N) is 2. The molecule has 0 saturated heterocycles. The lowest BCUT2D eigenvalue weighted by Gasteiger charge is -2.59. The smallest absolute Gasteiger partial charge is 0.141 e. The first kappa shape index (κ1) is 20.8. The minimum absolute atomic E-state index is 0.140. The van der Waals surface area contributed by atoms with Gasteiger partial charge in [-0.15, -0.1) is 0 Å². The van der Waals surface area contributed by atoms with Gasteiger partial charge in [0.25, 0.3) is 0 Å². The fraction of sp³-hybridized carbons (Fsp3) is 0.870. The lowest BCUT2D eigenvalue weighted by molar-refractivity contribution is -0.135. The molecule has 4 saturated carbocycles. The lowest BCUT2D eigenvalue weighted by Crippen LogP contribution is -2.56. The number of ketones is 1. The van der Waals surface area contributed by atoms with Crippen molar-refractivity contribution in [2.75, 3.05) is 20.3 Å². The Hall–Kier alpha value is -1.43. The highest BCUT2D eigenvalue weighted by molar-refractivity contribution is 5.96. The Morgan fingerprint density at radius 3 is 2.69 bits per heavy atom. The second kappa shape index (κ2) is 7.68. The van der Waals surface area contributed by atoms with Crippen LogP contribution in [-0.2, 0) is 14.5 Å². The molecule has 0 amide bonds. The van der Waals surface area contributed by atoms with Gasteiger partial charge in [0.2, 0.25) is 0 Å². The number of hydrogen-bond donors (Lipinski definition) is 1. The maximum absolute atomic E-state index is 13.0. The number of nitrogens with two attached hydrogens (primary N) is 1. The van der Waals surface area contributed by atoms with E-state index in [4.69, 9.17) is 15.4 Å². The van der Waals surface area contributed by atoms with Crippen LogP contribution in [0.4, 0.5) is 0 Å². The van der Waals surface area contributed by atoms with E-state index in [0.717, 1.165) is 50.7 Å². The summed E-state index contributed by atoms with van der Waals surface area (Å²) in [7, 11) is 1.64. The molecule has 4 fully saturated rings. The quantitative estimate of drug-likeness (QED) is 0.571. The highest BCUT2D eigenvalue weighted by Crippen LogP contribution is 2.65. The van der Waals surface area contributed by atoms with Gasteiger partial charge in [0.05, 0.1) is 11.4 Å². The van der Waals surface area contributed by atoms with E-state index in [9.17, 15) is 4.79 Å². The van der Waals surface area contributed by atoms with Gasteiger partial charge in [0.15, 0.2) is 0 Å². The van der Waals surface area contributed by atoms with Gasteiger partial charge >= 0.3 is 0 Å². The van der Waals surface area contributed by atoms with E-state index in [1.54, 1.807) is 7.11 Å². The van der Waals surface area contributed by atoms with E-state index in [-0.39, 0.29) is 16.7 Å². The van der Waals surface area contributed by atoms with Crippen LogP contribution in [0.1, 0.15) is 65.7 Å². The molecule has 5 unspecified atom stereocenters. The Balaban J connectivity index is 1.64. The van der Waals surface area contributed by atoms with Gasteiger partial charge in [-0.3, -0.25) is 4.79 Å². The van der Waals surface area contributed by atoms with Crippen molar-refractivity contribution in [1.82, 2.24) is 0 Å². The number of rotatable bonds is 4. The number of oxime groups is 2. The zero-order chi connectivity index (χ0) is 20.8. The highest BCUT2D eigenvalue weighted by atomic mass is 16.6. The maximum atomic E-state index is 13.0. The van der Waals surface area contributed by atoms with Gasteiger partial charge in [-0.25, -0.2) is 0 Å². The molecular weight excluding hydrogens is 366 g/mol. The Morgan fingerprint density at radius 2 is 1.97 bits per heavy atom. The summed E-state index contributed by atoms with van der Waals surface area (Å²) in [5, 5.41) is 8.90. The molecule has 0 heterocycles. The summed E-state index contributed by atoms with van der Waals surface area (Å²) in [4.78, 5) is 23.7. The van der Waals surface area contributed by atoms with Gasteiger partial charge < -0.3 is 15.4 Å². The molecule has 0 aromatic carbocycles.